The zero-order valence-electron chi connectivity index (χ0n) is 12.0. The Balaban J connectivity index is 1.87. The third kappa shape index (κ3) is 3.27. The molecule has 0 aromatic heterocycles. The fourth-order valence-electron chi connectivity index (χ4n) is 2.07. The average Bonchev–Trinajstić information content (AvgIpc) is 2.83. The van der Waals surface area contributed by atoms with Crippen molar-refractivity contribution in [3.05, 3.63) is 76.2 Å². The number of thioether (sulfide) groups is 1. The van der Waals surface area contributed by atoms with Crippen molar-refractivity contribution < 1.29 is 18.4 Å². The minimum atomic E-state index is -0.611. The van der Waals surface area contributed by atoms with Gasteiger partial charge in [0.1, 0.15) is 11.6 Å². The van der Waals surface area contributed by atoms with Crippen molar-refractivity contribution in [1.82, 2.24) is 4.90 Å². The van der Waals surface area contributed by atoms with Crippen LogP contribution in [0.2, 0.25) is 0 Å². The fraction of sp³-hybridized carbons (Fsp3) is 0. The minimum absolute atomic E-state index is 0.0997. The summed E-state index contributed by atoms with van der Waals surface area (Å²) >= 11 is 6.09. The fourth-order valence-corrected chi connectivity index (χ4v) is 3.33. The van der Waals surface area contributed by atoms with Crippen LogP contribution in [0.15, 0.2) is 53.4 Å². The number of nitrogens with zero attached hydrogens (tertiary/aromatic N) is 1. The van der Waals surface area contributed by atoms with Crippen LogP contribution in [-0.4, -0.2) is 21.0 Å². The predicted molar refractivity (Wildman–Crippen MR) is 92.1 cm³/mol. The Hall–Kier alpha value is -2.38. The molecule has 0 aliphatic carbocycles. The van der Waals surface area contributed by atoms with E-state index in [0.717, 1.165) is 28.8 Å². The first-order valence-corrected chi connectivity index (χ1v) is 8.01. The van der Waals surface area contributed by atoms with E-state index >= 15 is 0 Å². The highest BCUT2D eigenvalue weighted by molar-refractivity contribution is 8.26. The van der Waals surface area contributed by atoms with Crippen LogP contribution in [0, 0.1) is 11.6 Å². The van der Waals surface area contributed by atoms with Crippen molar-refractivity contribution in [3.8, 4) is 0 Å². The molecule has 0 atom stereocenters. The lowest BCUT2D eigenvalue weighted by Crippen LogP contribution is -2.34. The van der Waals surface area contributed by atoms with Gasteiger partial charge < -0.3 is 0 Å². The Morgan fingerprint density at radius 3 is 2.12 bits per heavy atom. The normalized spacial score (nSPS) is 16.1. The summed E-state index contributed by atoms with van der Waals surface area (Å²) in [7, 11) is 0. The highest BCUT2D eigenvalue weighted by Gasteiger charge is 2.37. The SMILES string of the molecule is O=C1C(=Cc2ccc(F)cc2)SC(=S)N1C(=O)c1ccc(F)cc1. The van der Waals surface area contributed by atoms with Gasteiger partial charge in [0.2, 0.25) is 0 Å². The second-order valence-electron chi connectivity index (χ2n) is 4.88. The first kappa shape index (κ1) is 16.5. The summed E-state index contributed by atoms with van der Waals surface area (Å²) in [5, 5.41) is 0. The van der Waals surface area contributed by atoms with Gasteiger partial charge in [0.15, 0.2) is 4.32 Å². The number of hydrogen-bond acceptors (Lipinski definition) is 4. The Morgan fingerprint density at radius 2 is 1.54 bits per heavy atom. The summed E-state index contributed by atoms with van der Waals surface area (Å²) in [5.41, 5.74) is 0.780. The summed E-state index contributed by atoms with van der Waals surface area (Å²) in [5.74, 6) is -2.03. The summed E-state index contributed by atoms with van der Waals surface area (Å²) < 4.78 is 26.0. The molecule has 0 radical (unpaired) electrons. The van der Waals surface area contributed by atoms with Gasteiger partial charge >= 0.3 is 0 Å². The molecule has 1 aliphatic heterocycles. The molecule has 0 bridgehead atoms. The van der Waals surface area contributed by atoms with E-state index < -0.39 is 17.6 Å². The molecule has 1 fully saturated rings. The molecule has 1 saturated heterocycles. The Bertz CT molecular complexity index is 861. The van der Waals surface area contributed by atoms with E-state index in [1.807, 2.05) is 0 Å². The van der Waals surface area contributed by atoms with Crippen LogP contribution in [0.25, 0.3) is 6.08 Å². The van der Waals surface area contributed by atoms with Gasteiger partial charge in [0, 0.05) is 5.56 Å². The molecular weight excluding hydrogens is 352 g/mol. The molecule has 2 aromatic carbocycles. The third-order valence-corrected chi connectivity index (χ3v) is 4.56. The van der Waals surface area contributed by atoms with Gasteiger partial charge in [0.25, 0.3) is 11.8 Å². The third-order valence-electron chi connectivity index (χ3n) is 3.26. The average molecular weight is 361 g/mol. The number of hydrogen-bond donors (Lipinski definition) is 0. The zero-order valence-corrected chi connectivity index (χ0v) is 13.7. The topological polar surface area (TPSA) is 37.4 Å². The second kappa shape index (κ2) is 6.62. The van der Waals surface area contributed by atoms with Gasteiger partial charge in [-0.3, -0.25) is 9.59 Å². The summed E-state index contributed by atoms with van der Waals surface area (Å²) in [6.07, 6.45) is 1.54. The molecule has 7 heteroatoms. The molecule has 1 heterocycles. The lowest BCUT2D eigenvalue weighted by atomic mass is 10.2. The van der Waals surface area contributed by atoms with E-state index in [0.29, 0.717) is 5.56 Å². The summed E-state index contributed by atoms with van der Waals surface area (Å²) in [6, 6.07) is 10.4. The molecule has 24 heavy (non-hydrogen) atoms. The first-order valence-electron chi connectivity index (χ1n) is 6.79. The lowest BCUT2D eigenvalue weighted by Gasteiger charge is -2.12. The van der Waals surface area contributed by atoms with Crippen LogP contribution < -0.4 is 0 Å². The molecule has 0 spiro atoms. The maximum absolute atomic E-state index is 13.0. The van der Waals surface area contributed by atoms with Crippen LogP contribution >= 0.6 is 24.0 Å². The van der Waals surface area contributed by atoms with E-state index in [9.17, 15) is 18.4 Å². The highest BCUT2D eigenvalue weighted by atomic mass is 32.2. The monoisotopic (exact) mass is 361 g/mol. The van der Waals surface area contributed by atoms with Gasteiger partial charge in [-0.15, -0.1) is 0 Å². The van der Waals surface area contributed by atoms with Crippen molar-refractivity contribution in [1.29, 1.82) is 0 Å². The zero-order chi connectivity index (χ0) is 17.3. The van der Waals surface area contributed by atoms with Gasteiger partial charge in [-0.25, -0.2) is 13.7 Å². The summed E-state index contributed by atoms with van der Waals surface area (Å²) in [6.45, 7) is 0. The smallest absolute Gasteiger partial charge is 0.268 e. The quantitative estimate of drug-likeness (QED) is 0.460. The van der Waals surface area contributed by atoms with Crippen molar-refractivity contribution in [2.75, 3.05) is 0 Å². The standard InChI is InChI=1S/C17H9F2NO2S2/c18-12-5-1-10(2-6-12)9-14-16(22)20(17(23)24-14)15(21)11-3-7-13(19)8-4-11/h1-9H. The highest BCUT2D eigenvalue weighted by Crippen LogP contribution is 2.33. The number of carbonyl (C=O) groups excluding carboxylic acids is 2. The maximum atomic E-state index is 13.0. The number of amides is 2. The van der Waals surface area contributed by atoms with Crippen LogP contribution in [0.3, 0.4) is 0 Å². The molecule has 0 unspecified atom stereocenters. The van der Waals surface area contributed by atoms with Crippen molar-refractivity contribution in [2.24, 2.45) is 0 Å². The molecule has 120 valence electrons. The number of thiocarbonyl (C=S) groups is 1. The van der Waals surface area contributed by atoms with Gasteiger partial charge in [-0.2, -0.15) is 0 Å². The Labute approximate surface area is 146 Å². The molecule has 2 amide bonds. The number of rotatable bonds is 2. The largest absolute Gasteiger partial charge is 0.273 e. The maximum Gasteiger partial charge on any atom is 0.273 e. The second-order valence-corrected chi connectivity index (χ2v) is 6.56. The van der Waals surface area contributed by atoms with Crippen molar-refractivity contribution in [3.63, 3.8) is 0 Å². The van der Waals surface area contributed by atoms with Crippen LogP contribution in [0.4, 0.5) is 8.78 Å². The lowest BCUT2D eigenvalue weighted by molar-refractivity contribution is -0.120. The van der Waals surface area contributed by atoms with E-state index in [1.165, 1.54) is 42.5 Å². The molecule has 3 nitrogen and oxygen atoms in total. The predicted octanol–water partition coefficient (Wildman–Crippen LogP) is 4.01. The van der Waals surface area contributed by atoms with Crippen molar-refractivity contribution in [2.45, 2.75) is 0 Å². The number of carbonyl (C=O) groups is 2. The molecule has 1 aliphatic rings. The van der Waals surface area contributed by atoms with E-state index in [-0.39, 0.29) is 20.6 Å². The van der Waals surface area contributed by atoms with E-state index in [2.05, 4.69) is 0 Å². The number of benzene rings is 2. The van der Waals surface area contributed by atoms with Crippen LogP contribution in [0.5, 0.6) is 0 Å². The van der Waals surface area contributed by atoms with Gasteiger partial charge in [-0.1, -0.05) is 36.1 Å². The van der Waals surface area contributed by atoms with Crippen LogP contribution in [-0.2, 0) is 4.79 Å². The molecule has 2 aromatic rings. The first-order chi connectivity index (χ1) is 11.5. The summed E-state index contributed by atoms with van der Waals surface area (Å²) in [4.78, 5) is 26.0. The van der Waals surface area contributed by atoms with Crippen LogP contribution in [0.1, 0.15) is 15.9 Å². The van der Waals surface area contributed by atoms with Crippen molar-refractivity contribution >= 4 is 46.2 Å². The molecule has 0 N–H and O–H groups in total. The molecule has 3 rings (SSSR count). The van der Waals surface area contributed by atoms with Gasteiger partial charge in [-0.05, 0) is 48.0 Å². The van der Waals surface area contributed by atoms with Gasteiger partial charge in [0.05, 0.1) is 4.91 Å². The minimum Gasteiger partial charge on any atom is -0.268 e. The van der Waals surface area contributed by atoms with E-state index in [1.54, 1.807) is 0 Å². The Kier molecular flexibility index (Phi) is 4.55. The molecule has 0 saturated carbocycles. The van der Waals surface area contributed by atoms with E-state index in [4.69, 9.17) is 12.2 Å². The Morgan fingerprint density at radius 1 is 1.00 bits per heavy atom. The number of imide groups is 1. The number of halogens is 2. The molecular formula is C17H9F2NO2S2.